The lowest BCUT2D eigenvalue weighted by Crippen LogP contribution is -2.45. The third-order valence-corrected chi connectivity index (χ3v) is 6.89. The molecule has 1 saturated heterocycles. The molecule has 0 aromatic heterocycles. The van der Waals surface area contributed by atoms with Crippen LogP contribution in [-0.2, 0) is 9.53 Å². The number of aliphatic carboxylic acids is 1. The first-order valence-corrected chi connectivity index (χ1v) is 10.8. The van der Waals surface area contributed by atoms with E-state index >= 15 is 0 Å². The first kappa shape index (κ1) is 22.1. The highest BCUT2D eigenvalue weighted by molar-refractivity contribution is 5.85. The second-order valence-corrected chi connectivity index (χ2v) is 9.07. The van der Waals surface area contributed by atoms with Gasteiger partial charge in [-0.2, -0.15) is 13.2 Å². The molecule has 2 fully saturated rings. The molecule has 1 unspecified atom stereocenters. The van der Waals surface area contributed by atoms with E-state index < -0.39 is 23.2 Å². The van der Waals surface area contributed by atoms with Crippen LogP contribution in [0.1, 0.15) is 37.7 Å². The molecular formula is C24H28F3NO3. The summed E-state index contributed by atoms with van der Waals surface area (Å²) in [4.78, 5) is 13.9. The molecule has 1 heterocycles. The van der Waals surface area contributed by atoms with Crippen LogP contribution in [0.4, 0.5) is 13.2 Å². The van der Waals surface area contributed by atoms with E-state index in [2.05, 4.69) is 0 Å². The molecule has 4 rings (SSSR count). The molecule has 7 heteroatoms. The smallest absolute Gasteiger partial charge is 0.395 e. The molecule has 0 bridgehead atoms. The average molecular weight is 435 g/mol. The molecule has 2 aliphatic carbocycles. The van der Waals surface area contributed by atoms with Crippen molar-refractivity contribution in [2.24, 2.45) is 11.3 Å². The highest BCUT2D eigenvalue weighted by atomic mass is 19.4. The van der Waals surface area contributed by atoms with Crippen LogP contribution in [0, 0.1) is 11.3 Å². The van der Waals surface area contributed by atoms with Crippen LogP contribution in [0.25, 0.3) is 5.57 Å². The number of halogens is 3. The Morgan fingerprint density at radius 3 is 2.35 bits per heavy atom. The van der Waals surface area contributed by atoms with Gasteiger partial charge in [0, 0.05) is 13.0 Å². The van der Waals surface area contributed by atoms with Crippen LogP contribution in [-0.4, -0.2) is 54.0 Å². The van der Waals surface area contributed by atoms with Crippen molar-refractivity contribution in [3.8, 4) is 0 Å². The molecule has 4 nitrogen and oxygen atoms in total. The van der Waals surface area contributed by atoms with Crippen molar-refractivity contribution < 1.29 is 27.8 Å². The molecule has 0 radical (unpaired) electrons. The van der Waals surface area contributed by atoms with Crippen LogP contribution >= 0.6 is 0 Å². The highest BCUT2D eigenvalue weighted by Gasteiger charge is 2.63. The number of nitrogens with zero attached hydrogens (tertiary/aromatic N) is 1. The average Bonchev–Trinajstić information content (AvgIpc) is 3.55. The molecule has 1 N–H and O–H groups in total. The van der Waals surface area contributed by atoms with Crippen molar-refractivity contribution in [3.05, 3.63) is 54.1 Å². The zero-order valence-corrected chi connectivity index (χ0v) is 17.4. The number of piperidine rings is 1. The van der Waals surface area contributed by atoms with Crippen LogP contribution in [0.2, 0.25) is 0 Å². The number of ether oxygens (including phenoxy) is 1. The summed E-state index contributed by atoms with van der Waals surface area (Å²) in [6.45, 7) is 1.57. The molecule has 1 aliphatic heterocycles. The predicted octanol–water partition coefficient (Wildman–Crippen LogP) is 4.92. The molecule has 31 heavy (non-hydrogen) atoms. The molecule has 1 atom stereocenters. The number of carboxylic acids is 1. The Kier molecular flexibility index (Phi) is 6.01. The van der Waals surface area contributed by atoms with Crippen LogP contribution in [0.15, 0.2) is 48.6 Å². The largest absolute Gasteiger partial charge is 0.479 e. The summed E-state index contributed by atoms with van der Waals surface area (Å²) < 4.78 is 45.5. The van der Waals surface area contributed by atoms with Crippen LogP contribution in [0.5, 0.6) is 0 Å². The second kappa shape index (κ2) is 8.43. The number of rotatable bonds is 7. The van der Waals surface area contributed by atoms with E-state index in [0.717, 1.165) is 24.0 Å². The van der Waals surface area contributed by atoms with Gasteiger partial charge in [-0.15, -0.1) is 0 Å². The second-order valence-electron chi connectivity index (χ2n) is 9.07. The minimum absolute atomic E-state index is 0.0823. The lowest BCUT2D eigenvalue weighted by molar-refractivity contribution is -0.192. The summed E-state index contributed by atoms with van der Waals surface area (Å²) in [6.07, 6.45) is 3.32. The zero-order valence-electron chi connectivity index (χ0n) is 17.4. The van der Waals surface area contributed by atoms with Gasteiger partial charge >= 0.3 is 12.1 Å². The topological polar surface area (TPSA) is 49.8 Å². The van der Waals surface area contributed by atoms with Gasteiger partial charge in [0.15, 0.2) is 5.60 Å². The maximum absolute atomic E-state index is 13.2. The highest BCUT2D eigenvalue weighted by Crippen LogP contribution is 2.58. The fraction of sp³-hybridized carbons (Fsp3) is 0.542. The van der Waals surface area contributed by atoms with E-state index in [1.165, 1.54) is 0 Å². The van der Waals surface area contributed by atoms with Crippen molar-refractivity contribution in [3.63, 3.8) is 0 Å². The number of carbonyl (C=O) groups is 1. The SMILES string of the molecule is O=C(O)C1(OCC2CCN(CC3(C(F)(F)F)CC3)CC2)C=CC(c2ccccc2)=CC1. The van der Waals surface area contributed by atoms with Gasteiger partial charge in [-0.25, -0.2) is 4.79 Å². The fourth-order valence-corrected chi connectivity index (χ4v) is 4.48. The van der Waals surface area contributed by atoms with Gasteiger partial charge in [0.25, 0.3) is 0 Å². The number of benzene rings is 1. The van der Waals surface area contributed by atoms with E-state index in [0.29, 0.717) is 19.7 Å². The van der Waals surface area contributed by atoms with Gasteiger partial charge < -0.3 is 14.7 Å². The third kappa shape index (κ3) is 4.72. The normalized spacial score (nSPS) is 26.5. The standard InChI is InChI=1S/C24H28F3NO3/c25-24(26,27)22(12-13-22)17-28-14-8-18(9-15-28)16-31-23(21(29)30)10-6-20(7-11-23)19-4-2-1-3-5-19/h1-7,10,18H,8-9,11-17H2,(H,29,30). The Hall–Kier alpha value is -2.12. The number of hydrogen-bond acceptors (Lipinski definition) is 3. The summed E-state index contributed by atoms with van der Waals surface area (Å²) in [5.74, 6) is -0.869. The minimum atomic E-state index is -4.12. The molecule has 1 aromatic carbocycles. The number of allylic oxidation sites excluding steroid dienone is 2. The minimum Gasteiger partial charge on any atom is -0.479 e. The number of likely N-dealkylation sites (tertiary alicyclic amines) is 1. The lowest BCUT2D eigenvalue weighted by atomic mass is 9.89. The molecule has 0 spiro atoms. The fourth-order valence-electron chi connectivity index (χ4n) is 4.48. The van der Waals surface area contributed by atoms with Crippen molar-refractivity contribution in [2.45, 2.75) is 43.9 Å². The monoisotopic (exact) mass is 435 g/mol. The molecule has 3 aliphatic rings. The summed E-state index contributed by atoms with van der Waals surface area (Å²) in [5, 5.41) is 9.81. The Labute approximate surface area is 180 Å². The van der Waals surface area contributed by atoms with Crippen molar-refractivity contribution in [1.82, 2.24) is 4.90 Å². The quantitative estimate of drug-likeness (QED) is 0.660. The first-order chi connectivity index (χ1) is 14.7. The van der Waals surface area contributed by atoms with E-state index in [1.54, 1.807) is 12.2 Å². The van der Waals surface area contributed by atoms with Gasteiger partial charge in [0.2, 0.25) is 0 Å². The molecular weight excluding hydrogens is 407 g/mol. The van der Waals surface area contributed by atoms with Crippen molar-refractivity contribution >= 4 is 11.5 Å². The number of hydrogen-bond donors (Lipinski definition) is 1. The Morgan fingerprint density at radius 2 is 1.84 bits per heavy atom. The van der Waals surface area contributed by atoms with Gasteiger partial charge in [-0.05, 0) is 61.9 Å². The maximum Gasteiger partial charge on any atom is 0.395 e. The Bertz CT molecular complexity index is 853. The van der Waals surface area contributed by atoms with Gasteiger partial charge in [-0.1, -0.05) is 42.5 Å². The lowest BCUT2D eigenvalue weighted by Gasteiger charge is -2.36. The first-order valence-electron chi connectivity index (χ1n) is 10.8. The molecule has 1 saturated carbocycles. The summed E-state index contributed by atoms with van der Waals surface area (Å²) in [6, 6.07) is 9.75. The zero-order chi connectivity index (χ0) is 22.1. The molecule has 0 amide bonds. The number of carboxylic acid groups (broad SMARTS) is 1. The summed E-state index contributed by atoms with van der Waals surface area (Å²) in [5.41, 5.74) is -0.895. The van der Waals surface area contributed by atoms with Gasteiger partial charge in [0.1, 0.15) is 0 Å². The van der Waals surface area contributed by atoms with Crippen molar-refractivity contribution in [1.29, 1.82) is 0 Å². The Balaban J connectivity index is 1.29. The van der Waals surface area contributed by atoms with Crippen LogP contribution in [0.3, 0.4) is 0 Å². The predicted molar refractivity (Wildman–Crippen MR) is 111 cm³/mol. The van der Waals surface area contributed by atoms with Gasteiger partial charge in [0.05, 0.1) is 12.0 Å². The maximum atomic E-state index is 13.2. The molecule has 1 aromatic rings. The van der Waals surface area contributed by atoms with E-state index in [-0.39, 0.29) is 31.7 Å². The van der Waals surface area contributed by atoms with Crippen molar-refractivity contribution in [2.75, 3.05) is 26.2 Å². The van der Waals surface area contributed by atoms with Crippen LogP contribution < -0.4 is 0 Å². The summed E-state index contributed by atoms with van der Waals surface area (Å²) >= 11 is 0. The van der Waals surface area contributed by atoms with E-state index in [9.17, 15) is 23.1 Å². The summed E-state index contributed by atoms with van der Waals surface area (Å²) in [7, 11) is 0. The van der Waals surface area contributed by atoms with E-state index in [1.807, 2.05) is 41.3 Å². The van der Waals surface area contributed by atoms with Gasteiger partial charge in [-0.3, -0.25) is 0 Å². The van der Waals surface area contributed by atoms with E-state index in [4.69, 9.17) is 4.74 Å². The molecule has 168 valence electrons. The third-order valence-electron chi connectivity index (χ3n) is 6.89. The number of alkyl halides is 3. The Morgan fingerprint density at radius 1 is 1.16 bits per heavy atom.